The first-order chi connectivity index (χ1) is 10.5. The highest BCUT2D eigenvalue weighted by molar-refractivity contribution is 7.11. The van der Waals surface area contributed by atoms with Crippen LogP contribution in [0.15, 0.2) is 24.3 Å². The number of hydrogen-bond acceptors (Lipinski definition) is 4. The molecule has 0 spiro atoms. The van der Waals surface area contributed by atoms with E-state index in [0.717, 1.165) is 31.7 Å². The van der Waals surface area contributed by atoms with E-state index in [1.807, 2.05) is 11.3 Å². The van der Waals surface area contributed by atoms with E-state index in [9.17, 15) is 0 Å². The molecule has 0 saturated carbocycles. The summed E-state index contributed by atoms with van der Waals surface area (Å²) in [7, 11) is 0. The van der Waals surface area contributed by atoms with Crippen LogP contribution in [0.5, 0.6) is 5.75 Å². The Morgan fingerprint density at radius 3 is 2.68 bits per heavy atom. The molecule has 2 aromatic rings. The van der Waals surface area contributed by atoms with Crippen LogP contribution in [0.1, 0.15) is 41.9 Å². The molecule has 2 heterocycles. The molecule has 0 radical (unpaired) electrons. The summed E-state index contributed by atoms with van der Waals surface area (Å²) in [6, 6.07) is 8.45. The maximum absolute atomic E-state index is 5.86. The van der Waals surface area contributed by atoms with Crippen LogP contribution >= 0.6 is 11.3 Å². The molecule has 1 aliphatic rings. The van der Waals surface area contributed by atoms with E-state index in [1.54, 1.807) is 0 Å². The summed E-state index contributed by atoms with van der Waals surface area (Å²) in [6.45, 7) is 9.38. The topological polar surface area (TPSA) is 34.1 Å². The van der Waals surface area contributed by atoms with Crippen LogP contribution in [0.25, 0.3) is 0 Å². The average Bonchev–Trinajstić information content (AvgIpc) is 2.89. The summed E-state index contributed by atoms with van der Waals surface area (Å²) in [5.41, 5.74) is 2.81. The molecule has 22 heavy (non-hydrogen) atoms. The molecule has 0 atom stereocenters. The quantitative estimate of drug-likeness (QED) is 0.934. The van der Waals surface area contributed by atoms with Crippen LogP contribution < -0.4 is 10.1 Å². The highest BCUT2D eigenvalue weighted by Gasteiger charge is 2.15. The summed E-state index contributed by atoms with van der Waals surface area (Å²) >= 11 is 1.82. The van der Waals surface area contributed by atoms with Crippen LogP contribution in [0.3, 0.4) is 0 Å². The van der Waals surface area contributed by atoms with Crippen LogP contribution in [0.2, 0.25) is 0 Å². The zero-order valence-corrected chi connectivity index (χ0v) is 14.4. The lowest BCUT2D eigenvalue weighted by molar-refractivity contribution is 0.321. The van der Waals surface area contributed by atoms with E-state index < -0.39 is 0 Å². The van der Waals surface area contributed by atoms with Crippen LogP contribution in [-0.4, -0.2) is 18.1 Å². The number of hydrogen-bond donors (Lipinski definition) is 1. The lowest BCUT2D eigenvalue weighted by atomic mass is 9.87. The molecule has 0 amide bonds. The maximum atomic E-state index is 5.86. The molecule has 0 fully saturated rings. The van der Waals surface area contributed by atoms with Crippen molar-refractivity contribution in [3.63, 3.8) is 0 Å². The van der Waals surface area contributed by atoms with Crippen molar-refractivity contribution in [1.29, 1.82) is 0 Å². The average molecular weight is 316 g/mol. The first kappa shape index (κ1) is 15.5. The Morgan fingerprint density at radius 2 is 2.00 bits per heavy atom. The van der Waals surface area contributed by atoms with E-state index in [-0.39, 0.29) is 5.41 Å². The van der Waals surface area contributed by atoms with Gasteiger partial charge in [-0.2, -0.15) is 0 Å². The van der Waals surface area contributed by atoms with Crippen LogP contribution in [-0.2, 0) is 24.8 Å². The number of thiazole rings is 1. The SMILES string of the molecule is CC(C)(C)c1ccc(OCCc2nc3c(s2)CNCC3)cc1. The number of aromatic nitrogens is 1. The van der Waals surface area contributed by atoms with Gasteiger partial charge in [0.1, 0.15) is 5.75 Å². The van der Waals surface area contributed by atoms with E-state index in [1.165, 1.54) is 21.1 Å². The molecule has 1 N–H and O–H groups in total. The summed E-state index contributed by atoms with van der Waals surface area (Å²) in [5.74, 6) is 0.941. The second-order valence-electron chi connectivity index (χ2n) is 6.78. The first-order valence-corrected chi connectivity index (χ1v) is 8.75. The Balaban J connectivity index is 1.53. The van der Waals surface area contributed by atoms with Crippen molar-refractivity contribution >= 4 is 11.3 Å². The van der Waals surface area contributed by atoms with Gasteiger partial charge in [0.15, 0.2) is 0 Å². The second kappa shape index (κ2) is 6.39. The van der Waals surface area contributed by atoms with Crippen LogP contribution in [0, 0.1) is 0 Å². The predicted molar refractivity (Wildman–Crippen MR) is 91.9 cm³/mol. The normalized spacial score (nSPS) is 14.7. The summed E-state index contributed by atoms with van der Waals surface area (Å²) < 4.78 is 5.86. The van der Waals surface area contributed by atoms with Crippen molar-refractivity contribution in [3.05, 3.63) is 45.4 Å². The van der Waals surface area contributed by atoms with Gasteiger partial charge < -0.3 is 10.1 Å². The fraction of sp³-hybridized carbons (Fsp3) is 0.500. The van der Waals surface area contributed by atoms with Gasteiger partial charge in [-0.15, -0.1) is 11.3 Å². The van der Waals surface area contributed by atoms with Crippen molar-refractivity contribution in [2.24, 2.45) is 0 Å². The van der Waals surface area contributed by atoms with Crippen molar-refractivity contribution in [2.75, 3.05) is 13.2 Å². The lowest BCUT2D eigenvalue weighted by Gasteiger charge is -2.19. The Bertz CT molecular complexity index is 602. The van der Waals surface area contributed by atoms with E-state index in [0.29, 0.717) is 6.61 Å². The van der Waals surface area contributed by atoms with Crippen molar-refractivity contribution in [3.8, 4) is 5.75 Å². The Hall–Kier alpha value is -1.39. The molecule has 3 nitrogen and oxygen atoms in total. The van der Waals surface area contributed by atoms with Crippen molar-refractivity contribution in [1.82, 2.24) is 10.3 Å². The minimum atomic E-state index is 0.187. The summed E-state index contributed by atoms with van der Waals surface area (Å²) in [4.78, 5) is 6.13. The van der Waals surface area contributed by atoms with Gasteiger partial charge in [-0.05, 0) is 23.1 Å². The third-order valence-electron chi connectivity index (χ3n) is 3.95. The number of nitrogens with zero attached hydrogens (tertiary/aromatic N) is 1. The van der Waals surface area contributed by atoms with Gasteiger partial charge in [0.2, 0.25) is 0 Å². The molecule has 0 unspecified atom stereocenters. The van der Waals surface area contributed by atoms with E-state index >= 15 is 0 Å². The minimum Gasteiger partial charge on any atom is -0.493 e. The molecule has 0 bridgehead atoms. The highest BCUT2D eigenvalue weighted by atomic mass is 32.1. The smallest absolute Gasteiger partial charge is 0.119 e. The van der Waals surface area contributed by atoms with Gasteiger partial charge in [0.25, 0.3) is 0 Å². The fourth-order valence-corrected chi connectivity index (χ4v) is 3.66. The lowest BCUT2D eigenvalue weighted by Crippen LogP contribution is -2.22. The number of benzene rings is 1. The molecular weight excluding hydrogens is 292 g/mol. The molecule has 1 aliphatic heterocycles. The third kappa shape index (κ3) is 3.68. The van der Waals surface area contributed by atoms with Crippen molar-refractivity contribution < 1.29 is 4.74 Å². The molecule has 4 heteroatoms. The summed E-state index contributed by atoms with van der Waals surface area (Å²) in [5, 5.41) is 4.59. The van der Waals surface area contributed by atoms with E-state index in [4.69, 9.17) is 9.72 Å². The van der Waals surface area contributed by atoms with E-state index in [2.05, 4.69) is 50.4 Å². The van der Waals surface area contributed by atoms with Gasteiger partial charge in [-0.25, -0.2) is 4.98 Å². The molecule has 0 saturated heterocycles. The molecule has 0 aliphatic carbocycles. The molecular formula is C18H24N2OS. The molecule has 118 valence electrons. The number of rotatable bonds is 4. The molecule has 3 rings (SSSR count). The predicted octanol–water partition coefficient (Wildman–Crippen LogP) is 3.71. The largest absolute Gasteiger partial charge is 0.493 e. The molecule has 1 aromatic heterocycles. The zero-order valence-electron chi connectivity index (χ0n) is 13.6. The zero-order chi connectivity index (χ0) is 15.6. The number of nitrogens with one attached hydrogen (secondary N) is 1. The Kier molecular flexibility index (Phi) is 4.50. The van der Waals surface area contributed by atoms with Gasteiger partial charge in [-0.1, -0.05) is 32.9 Å². The van der Waals surface area contributed by atoms with Gasteiger partial charge in [0, 0.05) is 30.8 Å². The maximum Gasteiger partial charge on any atom is 0.119 e. The van der Waals surface area contributed by atoms with Crippen molar-refractivity contribution in [2.45, 2.75) is 45.6 Å². The van der Waals surface area contributed by atoms with Crippen LogP contribution in [0.4, 0.5) is 0 Å². The molecule has 1 aromatic carbocycles. The van der Waals surface area contributed by atoms with Gasteiger partial charge >= 0.3 is 0 Å². The third-order valence-corrected chi connectivity index (χ3v) is 5.11. The highest BCUT2D eigenvalue weighted by Crippen LogP contribution is 2.25. The fourth-order valence-electron chi connectivity index (χ4n) is 2.59. The second-order valence-corrected chi connectivity index (χ2v) is 7.95. The summed E-state index contributed by atoms with van der Waals surface area (Å²) in [6.07, 6.45) is 1.94. The van der Waals surface area contributed by atoms with Gasteiger partial charge in [0.05, 0.1) is 17.3 Å². The Labute approximate surface area is 136 Å². The minimum absolute atomic E-state index is 0.187. The standard InChI is InChI=1S/C18H24N2OS/c1-18(2,3)13-4-6-14(7-5-13)21-11-9-17-20-15-8-10-19-12-16(15)22-17/h4-7,19H,8-12H2,1-3H3. The first-order valence-electron chi connectivity index (χ1n) is 7.94. The number of ether oxygens (including phenoxy) is 1. The number of fused-ring (bicyclic) bond motifs is 1. The Morgan fingerprint density at radius 1 is 1.23 bits per heavy atom. The van der Waals surface area contributed by atoms with Gasteiger partial charge in [-0.3, -0.25) is 0 Å². The monoisotopic (exact) mass is 316 g/mol.